The molecule has 0 aliphatic heterocycles. The highest BCUT2D eigenvalue weighted by Gasteiger charge is 2.16. The molecular weight excluding hydrogens is 306 g/mol. The fraction of sp³-hybridized carbons (Fsp3) is 0.176. The van der Waals surface area contributed by atoms with Gasteiger partial charge in [-0.1, -0.05) is 6.08 Å². The van der Waals surface area contributed by atoms with Gasteiger partial charge in [0.15, 0.2) is 11.9 Å². The molecule has 2 aromatic heterocycles. The fourth-order valence-electron chi connectivity index (χ4n) is 2.51. The zero-order chi connectivity index (χ0) is 17.1. The minimum absolute atomic E-state index is 0.432. The summed E-state index contributed by atoms with van der Waals surface area (Å²) in [7, 11) is 3.31. The van der Waals surface area contributed by atoms with Crippen molar-refractivity contribution in [3.8, 4) is 0 Å². The Morgan fingerprint density at radius 2 is 2.33 bits per heavy atom. The smallest absolute Gasteiger partial charge is 0.156 e. The van der Waals surface area contributed by atoms with Crippen molar-refractivity contribution in [1.82, 2.24) is 15.0 Å². The second kappa shape index (κ2) is 6.49. The molecule has 2 aromatic rings. The molecule has 0 bridgehead atoms. The predicted molar refractivity (Wildman–Crippen MR) is 92.6 cm³/mol. The van der Waals surface area contributed by atoms with Crippen LogP contribution in [-0.4, -0.2) is 41.1 Å². The molecule has 7 nitrogen and oxygen atoms in total. The summed E-state index contributed by atoms with van der Waals surface area (Å²) in [6.45, 7) is 0. The van der Waals surface area contributed by atoms with E-state index in [9.17, 15) is 4.79 Å². The van der Waals surface area contributed by atoms with Crippen LogP contribution in [0.1, 0.15) is 22.5 Å². The first kappa shape index (κ1) is 15.7. The van der Waals surface area contributed by atoms with Gasteiger partial charge in [-0.15, -0.1) is 0 Å². The zero-order valence-corrected chi connectivity index (χ0v) is 13.4. The second-order valence-corrected chi connectivity index (χ2v) is 5.17. The highest BCUT2D eigenvalue weighted by atomic mass is 16.5. The van der Waals surface area contributed by atoms with Gasteiger partial charge < -0.3 is 15.5 Å². The number of aldehydes is 1. The fourth-order valence-corrected chi connectivity index (χ4v) is 2.51. The summed E-state index contributed by atoms with van der Waals surface area (Å²) >= 11 is 0. The van der Waals surface area contributed by atoms with E-state index in [1.54, 1.807) is 26.6 Å². The molecule has 0 saturated heterocycles. The Kier molecular flexibility index (Phi) is 4.24. The van der Waals surface area contributed by atoms with E-state index in [4.69, 9.17) is 10.5 Å². The summed E-state index contributed by atoms with van der Waals surface area (Å²) in [6, 6.07) is 0. The van der Waals surface area contributed by atoms with Crippen LogP contribution < -0.4 is 5.73 Å². The van der Waals surface area contributed by atoms with E-state index in [0.29, 0.717) is 40.3 Å². The number of aromatic nitrogens is 3. The van der Waals surface area contributed by atoms with Gasteiger partial charge in [0.1, 0.15) is 17.0 Å². The van der Waals surface area contributed by atoms with Crippen LogP contribution in [0.2, 0.25) is 0 Å². The maximum Gasteiger partial charge on any atom is 0.156 e. The first-order valence-corrected chi connectivity index (χ1v) is 7.35. The third kappa shape index (κ3) is 2.71. The van der Waals surface area contributed by atoms with Crippen LogP contribution in [-0.2, 0) is 4.74 Å². The van der Waals surface area contributed by atoms with Gasteiger partial charge in [0, 0.05) is 31.0 Å². The number of nitrogens with one attached hydrogen (secondary N) is 1. The van der Waals surface area contributed by atoms with Crippen molar-refractivity contribution in [2.24, 2.45) is 10.7 Å². The Labute approximate surface area is 138 Å². The number of allylic oxidation sites excluding steroid dienone is 4. The third-order valence-electron chi connectivity index (χ3n) is 3.80. The highest BCUT2D eigenvalue weighted by molar-refractivity contribution is 6.09. The monoisotopic (exact) mass is 323 g/mol. The molecule has 3 N–H and O–H groups in total. The predicted octanol–water partition coefficient (Wildman–Crippen LogP) is 2.00. The molecule has 122 valence electrons. The molecule has 0 radical (unpaired) electrons. The molecule has 0 amide bonds. The number of rotatable bonds is 3. The van der Waals surface area contributed by atoms with Gasteiger partial charge >= 0.3 is 0 Å². The van der Waals surface area contributed by atoms with Gasteiger partial charge in [0.25, 0.3) is 0 Å². The lowest BCUT2D eigenvalue weighted by Crippen LogP contribution is -2.10. The molecule has 0 saturated carbocycles. The molecule has 0 spiro atoms. The van der Waals surface area contributed by atoms with Gasteiger partial charge in [0.2, 0.25) is 0 Å². The van der Waals surface area contributed by atoms with Crippen LogP contribution in [0.15, 0.2) is 46.9 Å². The summed E-state index contributed by atoms with van der Waals surface area (Å²) < 4.78 is 5.32. The lowest BCUT2D eigenvalue weighted by molar-refractivity contribution is 0.112. The summed E-state index contributed by atoms with van der Waals surface area (Å²) in [4.78, 5) is 27.1. The number of methoxy groups -OCH3 is 1. The molecule has 0 fully saturated rings. The summed E-state index contributed by atoms with van der Waals surface area (Å²) in [5.41, 5.74) is 10.3. The zero-order valence-electron chi connectivity index (χ0n) is 13.4. The minimum Gasteiger partial charge on any atom is -0.497 e. The van der Waals surface area contributed by atoms with Crippen LogP contribution in [0, 0.1) is 0 Å². The van der Waals surface area contributed by atoms with E-state index in [-0.39, 0.29) is 0 Å². The number of hydrogen-bond donors (Lipinski definition) is 2. The van der Waals surface area contributed by atoms with E-state index in [1.807, 2.05) is 18.2 Å². The van der Waals surface area contributed by atoms with Crippen molar-refractivity contribution in [2.45, 2.75) is 6.42 Å². The highest BCUT2D eigenvalue weighted by Crippen LogP contribution is 2.22. The van der Waals surface area contributed by atoms with E-state index in [1.165, 1.54) is 0 Å². The number of aromatic amines is 1. The van der Waals surface area contributed by atoms with Gasteiger partial charge in [0.05, 0.1) is 24.6 Å². The summed E-state index contributed by atoms with van der Waals surface area (Å²) in [5, 5.41) is 0. The first-order valence-electron chi connectivity index (χ1n) is 7.35. The van der Waals surface area contributed by atoms with Crippen molar-refractivity contribution in [3.63, 3.8) is 0 Å². The number of hydrogen-bond acceptors (Lipinski definition) is 6. The summed E-state index contributed by atoms with van der Waals surface area (Å²) in [5.74, 6) is 0.677. The second-order valence-electron chi connectivity index (χ2n) is 5.17. The number of ether oxygens (including phenoxy) is 1. The molecule has 3 rings (SSSR count). The van der Waals surface area contributed by atoms with E-state index in [0.717, 1.165) is 17.6 Å². The molecule has 0 aromatic carbocycles. The van der Waals surface area contributed by atoms with Crippen LogP contribution in [0.25, 0.3) is 16.9 Å². The van der Waals surface area contributed by atoms with Crippen LogP contribution in [0.5, 0.6) is 0 Å². The van der Waals surface area contributed by atoms with E-state index < -0.39 is 0 Å². The van der Waals surface area contributed by atoms with Crippen molar-refractivity contribution in [1.29, 1.82) is 0 Å². The van der Waals surface area contributed by atoms with Crippen LogP contribution in [0.4, 0.5) is 0 Å². The Balaban J connectivity index is 2.18. The van der Waals surface area contributed by atoms with Crippen molar-refractivity contribution >= 4 is 28.9 Å². The Bertz CT molecular complexity index is 918. The SMILES string of the molecule is CN=C1CC=CC(OC)=CC1=C(N)c1cnc2[nH]cc(C=O)c2n1. The Morgan fingerprint density at radius 1 is 1.50 bits per heavy atom. The average Bonchev–Trinajstić information content (AvgIpc) is 2.91. The van der Waals surface area contributed by atoms with Crippen molar-refractivity contribution in [2.75, 3.05) is 14.2 Å². The van der Waals surface area contributed by atoms with Gasteiger partial charge in [-0.2, -0.15) is 0 Å². The number of nitrogens with two attached hydrogens (primary N) is 1. The standard InChI is InChI=1S/C17H17N5O2/c1-19-13-5-3-4-11(24-2)6-12(13)15(18)14-8-21-17-16(22-14)10(9-23)7-20-17/h3-4,6-9H,5,18H2,1-2H3,(H,20,21). The topological polar surface area (TPSA) is 106 Å². The molecule has 0 unspecified atom stereocenters. The third-order valence-corrected chi connectivity index (χ3v) is 3.80. The summed E-state index contributed by atoms with van der Waals surface area (Å²) in [6.07, 6.45) is 10.2. The van der Waals surface area contributed by atoms with E-state index >= 15 is 0 Å². The molecule has 2 heterocycles. The maximum absolute atomic E-state index is 11.1. The molecule has 24 heavy (non-hydrogen) atoms. The lowest BCUT2D eigenvalue weighted by atomic mass is 10.0. The molecule has 0 atom stereocenters. The largest absolute Gasteiger partial charge is 0.497 e. The van der Waals surface area contributed by atoms with Gasteiger partial charge in [-0.05, 0) is 12.2 Å². The Morgan fingerprint density at radius 3 is 3.04 bits per heavy atom. The maximum atomic E-state index is 11.1. The number of carbonyl (C=O) groups excluding carboxylic acids is 1. The normalized spacial score (nSPS) is 18.4. The van der Waals surface area contributed by atoms with Crippen LogP contribution in [0.3, 0.4) is 0 Å². The number of H-pyrrole nitrogens is 1. The van der Waals surface area contributed by atoms with Crippen LogP contribution >= 0.6 is 0 Å². The van der Waals surface area contributed by atoms with Crippen molar-refractivity contribution < 1.29 is 9.53 Å². The van der Waals surface area contributed by atoms with Gasteiger partial charge in [-0.3, -0.25) is 9.79 Å². The number of nitrogens with zero attached hydrogens (tertiary/aromatic N) is 3. The molecule has 7 heteroatoms. The molecule has 1 aliphatic carbocycles. The molecular formula is C17H17N5O2. The Hall–Kier alpha value is -3.22. The minimum atomic E-state index is 0.432. The first-order chi connectivity index (χ1) is 11.7. The number of fused-ring (bicyclic) bond motifs is 1. The lowest BCUT2D eigenvalue weighted by Gasteiger charge is -2.09. The van der Waals surface area contributed by atoms with Crippen molar-refractivity contribution in [3.05, 3.63) is 53.2 Å². The van der Waals surface area contributed by atoms with Gasteiger partial charge in [-0.25, -0.2) is 9.97 Å². The molecule has 1 aliphatic rings. The number of carbonyl (C=O) groups is 1. The quantitative estimate of drug-likeness (QED) is 0.840. The van der Waals surface area contributed by atoms with E-state index in [2.05, 4.69) is 19.9 Å². The number of aliphatic imine (C=N–C) groups is 1. The average molecular weight is 323 g/mol.